The first-order valence-electron chi connectivity index (χ1n) is 10.9. The molecular formula is C23H26FN5O4. The highest BCUT2D eigenvalue weighted by Gasteiger charge is 2.28. The molecule has 4 rings (SSSR count). The number of hydrogen-bond donors (Lipinski definition) is 1. The third-order valence-electron chi connectivity index (χ3n) is 6.11. The maximum absolute atomic E-state index is 13.9. The van der Waals surface area contributed by atoms with E-state index >= 15 is 0 Å². The Morgan fingerprint density at radius 1 is 1.27 bits per heavy atom. The molecule has 3 heterocycles. The summed E-state index contributed by atoms with van der Waals surface area (Å²) < 4.78 is 20.4. The van der Waals surface area contributed by atoms with Crippen molar-refractivity contribution in [2.45, 2.75) is 32.1 Å². The van der Waals surface area contributed by atoms with Gasteiger partial charge >= 0.3 is 0 Å². The number of carbonyl (C=O) groups is 2. The van der Waals surface area contributed by atoms with E-state index in [0.717, 1.165) is 0 Å². The minimum Gasteiger partial charge on any atom is -0.494 e. The Balaban J connectivity index is 1.27. The fraction of sp³-hybridized carbons (Fsp3) is 0.435. The monoisotopic (exact) mass is 455 g/mol. The van der Waals surface area contributed by atoms with E-state index in [1.165, 1.54) is 25.4 Å². The zero-order valence-corrected chi connectivity index (χ0v) is 18.6. The van der Waals surface area contributed by atoms with Crippen LogP contribution in [0, 0.1) is 11.7 Å². The molecule has 1 saturated heterocycles. The molecule has 9 nitrogen and oxygen atoms in total. The van der Waals surface area contributed by atoms with E-state index in [0.29, 0.717) is 67.6 Å². The van der Waals surface area contributed by atoms with Gasteiger partial charge in [-0.1, -0.05) is 0 Å². The van der Waals surface area contributed by atoms with Crippen molar-refractivity contribution in [3.8, 4) is 5.75 Å². The molecule has 0 radical (unpaired) electrons. The van der Waals surface area contributed by atoms with E-state index in [1.54, 1.807) is 22.7 Å². The summed E-state index contributed by atoms with van der Waals surface area (Å²) in [5.74, 6) is -0.257. The van der Waals surface area contributed by atoms with Crippen LogP contribution in [0.25, 0.3) is 11.0 Å². The van der Waals surface area contributed by atoms with Gasteiger partial charge in [-0.25, -0.2) is 9.37 Å². The number of methoxy groups -OCH3 is 1. The molecule has 0 aliphatic carbocycles. The number of H-pyrrole nitrogens is 1. The number of aromatic nitrogens is 4. The summed E-state index contributed by atoms with van der Waals surface area (Å²) in [6, 6.07) is 4.23. The van der Waals surface area contributed by atoms with Crippen LogP contribution in [0.5, 0.6) is 5.75 Å². The lowest BCUT2D eigenvalue weighted by molar-refractivity contribution is -0.132. The fourth-order valence-electron chi connectivity index (χ4n) is 4.21. The first-order valence-corrected chi connectivity index (χ1v) is 10.9. The quantitative estimate of drug-likeness (QED) is 0.547. The van der Waals surface area contributed by atoms with Gasteiger partial charge in [0.25, 0.3) is 5.56 Å². The Bertz CT molecular complexity index is 1240. The third kappa shape index (κ3) is 4.79. The molecular weight excluding hydrogens is 429 g/mol. The molecule has 1 aliphatic rings. The van der Waals surface area contributed by atoms with Crippen molar-refractivity contribution in [3.05, 3.63) is 52.0 Å². The Morgan fingerprint density at radius 2 is 2.03 bits per heavy atom. The number of ketones is 1. The second-order valence-corrected chi connectivity index (χ2v) is 8.24. The number of rotatable bonds is 7. The molecule has 0 atom stereocenters. The Labute approximate surface area is 189 Å². The average Bonchev–Trinajstić information content (AvgIpc) is 3.19. The molecule has 0 spiro atoms. The van der Waals surface area contributed by atoms with Crippen molar-refractivity contribution in [1.29, 1.82) is 0 Å². The molecule has 1 aromatic carbocycles. The van der Waals surface area contributed by atoms with Gasteiger partial charge in [-0.2, -0.15) is 5.10 Å². The number of nitrogens with zero attached hydrogens (tertiary/aromatic N) is 4. The number of amides is 1. The van der Waals surface area contributed by atoms with Crippen LogP contribution >= 0.6 is 0 Å². The predicted octanol–water partition coefficient (Wildman–Crippen LogP) is 2.25. The van der Waals surface area contributed by atoms with E-state index in [2.05, 4.69) is 15.1 Å². The van der Waals surface area contributed by atoms with Crippen LogP contribution in [-0.4, -0.2) is 56.5 Å². The van der Waals surface area contributed by atoms with Gasteiger partial charge in [-0.3, -0.25) is 19.1 Å². The Hall–Kier alpha value is -3.56. The number of fused-ring (bicyclic) bond motifs is 1. The number of likely N-dealkylation sites (tertiary alicyclic amines) is 1. The molecule has 3 aromatic rings. The van der Waals surface area contributed by atoms with Crippen molar-refractivity contribution < 1.29 is 18.7 Å². The number of benzene rings is 1. The highest BCUT2D eigenvalue weighted by atomic mass is 19.1. The molecule has 1 amide bonds. The number of halogens is 1. The fourth-order valence-corrected chi connectivity index (χ4v) is 4.21. The van der Waals surface area contributed by atoms with Gasteiger partial charge in [0.05, 0.1) is 13.3 Å². The maximum Gasteiger partial charge on any atom is 0.262 e. The van der Waals surface area contributed by atoms with Crippen molar-refractivity contribution in [2.75, 3.05) is 20.2 Å². The van der Waals surface area contributed by atoms with Crippen LogP contribution in [0.4, 0.5) is 4.39 Å². The minimum atomic E-state index is -0.561. The first-order chi connectivity index (χ1) is 15.9. The number of piperidine rings is 1. The summed E-state index contributed by atoms with van der Waals surface area (Å²) in [5, 5.41) is 4.48. The highest BCUT2D eigenvalue weighted by Crippen LogP contribution is 2.25. The normalized spacial score (nSPS) is 14.6. The molecule has 0 unspecified atom stereocenters. The molecule has 174 valence electrons. The van der Waals surface area contributed by atoms with Crippen LogP contribution in [-0.2, 0) is 18.3 Å². The molecule has 2 aromatic heterocycles. The molecule has 0 bridgehead atoms. The summed E-state index contributed by atoms with van der Waals surface area (Å²) in [5.41, 5.74) is 0.603. The molecule has 33 heavy (non-hydrogen) atoms. The standard InChI is InChI=1S/C23H26FN5O4/c1-28-22-16(13-25-28)23(32)27-19(26-22)4-3-5-20(30)29-10-8-14(9-11-29)21(31)15-6-7-18(33-2)17(24)12-15/h6-7,12-14H,3-5,8-11H2,1-2H3,(H,26,27,32). The summed E-state index contributed by atoms with van der Waals surface area (Å²) in [6.45, 7) is 0.980. The SMILES string of the molecule is COc1ccc(C(=O)C2CCN(C(=O)CCCc3nc4c(cnn4C)c(=O)[nH]3)CC2)cc1F. The van der Waals surface area contributed by atoms with Gasteiger partial charge in [0, 0.05) is 44.5 Å². The summed E-state index contributed by atoms with van der Waals surface area (Å²) in [4.78, 5) is 46.4. The Kier molecular flexibility index (Phi) is 6.52. The molecule has 1 fully saturated rings. The zero-order valence-electron chi connectivity index (χ0n) is 18.6. The number of hydrogen-bond acceptors (Lipinski definition) is 6. The molecule has 1 N–H and O–H groups in total. The topological polar surface area (TPSA) is 110 Å². The minimum absolute atomic E-state index is 0.0142. The van der Waals surface area contributed by atoms with Crippen molar-refractivity contribution >= 4 is 22.7 Å². The van der Waals surface area contributed by atoms with Crippen molar-refractivity contribution in [3.63, 3.8) is 0 Å². The van der Waals surface area contributed by atoms with Gasteiger partial charge in [0.2, 0.25) is 5.91 Å². The lowest BCUT2D eigenvalue weighted by atomic mass is 9.88. The third-order valence-corrected chi connectivity index (χ3v) is 6.11. The number of aromatic amines is 1. The number of ether oxygens (including phenoxy) is 1. The van der Waals surface area contributed by atoms with Gasteiger partial charge in [-0.05, 0) is 37.5 Å². The lowest BCUT2D eigenvalue weighted by Gasteiger charge is -2.31. The number of nitrogens with one attached hydrogen (secondary N) is 1. The number of Topliss-reactive ketones (excluding diaryl/α,β-unsaturated/α-hetero) is 1. The van der Waals surface area contributed by atoms with Gasteiger partial charge < -0.3 is 14.6 Å². The first kappa shape index (κ1) is 22.6. The van der Waals surface area contributed by atoms with Crippen LogP contribution in [0.3, 0.4) is 0 Å². The van der Waals surface area contributed by atoms with Gasteiger partial charge in [0.15, 0.2) is 23.0 Å². The van der Waals surface area contributed by atoms with E-state index in [9.17, 15) is 18.8 Å². The Morgan fingerprint density at radius 3 is 2.73 bits per heavy atom. The second-order valence-electron chi connectivity index (χ2n) is 8.24. The predicted molar refractivity (Wildman–Crippen MR) is 119 cm³/mol. The van der Waals surface area contributed by atoms with E-state index in [1.807, 2.05) is 0 Å². The molecule has 1 aliphatic heterocycles. The molecule has 0 saturated carbocycles. The largest absolute Gasteiger partial charge is 0.494 e. The number of aryl methyl sites for hydroxylation is 2. The van der Waals surface area contributed by atoms with Crippen molar-refractivity contribution in [2.24, 2.45) is 13.0 Å². The number of carbonyl (C=O) groups excluding carboxylic acids is 2. The summed E-state index contributed by atoms with van der Waals surface area (Å²) in [6.07, 6.45) is 3.92. The van der Waals surface area contributed by atoms with Gasteiger partial charge in [0.1, 0.15) is 11.2 Å². The van der Waals surface area contributed by atoms with Crippen LogP contribution in [0.2, 0.25) is 0 Å². The zero-order chi connectivity index (χ0) is 23.5. The van der Waals surface area contributed by atoms with E-state index < -0.39 is 5.82 Å². The highest BCUT2D eigenvalue weighted by molar-refractivity contribution is 5.98. The molecule has 10 heteroatoms. The summed E-state index contributed by atoms with van der Waals surface area (Å²) in [7, 11) is 3.10. The smallest absolute Gasteiger partial charge is 0.262 e. The van der Waals surface area contributed by atoms with Crippen LogP contribution < -0.4 is 10.3 Å². The lowest BCUT2D eigenvalue weighted by Crippen LogP contribution is -2.40. The average molecular weight is 455 g/mol. The van der Waals surface area contributed by atoms with E-state index in [-0.39, 0.29) is 28.9 Å². The van der Waals surface area contributed by atoms with Crippen LogP contribution in [0.1, 0.15) is 41.9 Å². The summed E-state index contributed by atoms with van der Waals surface area (Å²) >= 11 is 0. The van der Waals surface area contributed by atoms with Gasteiger partial charge in [-0.15, -0.1) is 0 Å². The second kappa shape index (κ2) is 9.51. The van der Waals surface area contributed by atoms with Crippen molar-refractivity contribution in [1.82, 2.24) is 24.6 Å². The van der Waals surface area contributed by atoms with E-state index in [4.69, 9.17) is 4.74 Å². The maximum atomic E-state index is 13.9. The van der Waals surface area contributed by atoms with Crippen LogP contribution in [0.15, 0.2) is 29.2 Å².